The van der Waals surface area contributed by atoms with Crippen molar-refractivity contribution in [3.63, 3.8) is 0 Å². The Labute approximate surface area is 191 Å². The molecular weight excluding hydrogens is 468 g/mol. The van der Waals surface area contributed by atoms with Crippen molar-refractivity contribution in [3.05, 3.63) is 51.8 Å². The van der Waals surface area contributed by atoms with Gasteiger partial charge in [-0.3, -0.25) is 4.79 Å². The predicted octanol–water partition coefficient (Wildman–Crippen LogP) is 4.32. The lowest BCUT2D eigenvalue weighted by atomic mass is 9.95. The van der Waals surface area contributed by atoms with Crippen LogP contribution in [-0.4, -0.2) is 50.8 Å². The van der Waals surface area contributed by atoms with Gasteiger partial charge in [-0.05, 0) is 42.7 Å². The number of hydrogen-bond donors (Lipinski definition) is 0. The molecule has 1 saturated heterocycles. The predicted molar refractivity (Wildman–Crippen MR) is 114 cm³/mol. The molecule has 170 valence electrons. The molecule has 3 aromatic rings. The molecule has 4 rings (SSSR count). The molecule has 0 unspecified atom stereocenters. The molecule has 0 spiro atoms. The Balaban J connectivity index is 1.41. The topological polar surface area (TPSA) is 66.6 Å². The Bertz CT molecular complexity index is 1140. The highest BCUT2D eigenvalue weighted by Crippen LogP contribution is 2.29. The van der Waals surface area contributed by atoms with E-state index in [0.717, 1.165) is 5.56 Å². The fourth-order valence-corrected chi connectivity index (χ4v) is 4.24. The van der Waals surface area contributed by atoms with E-state index in [0.29, 0.717) is 52.9 Å². The fourth-order valence-electron chi connectivity index (χ4n) is 3.78. The van der Waals surface area contributed by atoms with E-state index < -0.39 is 12.0 Å². The monoisotopic (exact) mass is 486 g/mol. The third-order valence-corrected chi connectivity index (χ3v) is 6.06. The molecule has 1 aliphatic rings. The van der Waals surface area contributed by atoms with Crippen LogP contribution in [0.4, 0.5) is 19.0 Å². The van der Waals surface area contributed by atoms with E-state index in [-0.39, 0.29) is 17.5 Å². The van der Waals surface area contributed by atoms with Gasteiger partial charge in [0.15, 0.2) is 5.65 Å². The Hall–Kier alpha value is -2.59. The molecule has 1 fully saturated rings. The zero-order valence-electron chi connectivity index (χ0n) is 17.0. The number of hydrogen-bond acceptors (Lipinski definition) is 5. The van der Waals surface area contributed by atoms with Gasteiger partial charge in [-0.2, -0.15) is 17.7 Å². The molecule has 1 aromatic carbocycles. The van der Waals surface area contributed by atoms with Crippen LogP contribution < -0.4 is 4.90 Å². The number of alkyl halides is 3. The van der Waals surface area contributed by atoms with Crippen molar-refractivity contribution in [2.75, 3.05) is 25.0 Å². The summed E-state index contributed by atoms with van der Waals surface area (Å²) in [5, 5.41) is 11.8. The largest absolute Gasteiger partial charge is 0.453 e. The zero-order valence-corrected chi connectivity index (χ0v) is 18.5. The minimum absolute atomic E-state index is 0.00255. The van der Waals surface area contributed by atoms with Gasteiger partial charge in [0.25, 0.3) is 5.82 Å². The van der Waals surface area contributed by atoms with Gasteiger partial charge in [-0.25, -0.2) is 0 Å². The third kappa shape index (κ3) is 4.61. The third-order valence-electron chi connectivity index (χ3n) is 5.47. The van der Waals surface area contributed by atoms with Crippen LogP contribution in [0.2, 0.25) is 10.0 Å². The Morgan fingerprint density at radius 2 is 1.88 bits per heavy atom. The smallest absolute Gasteiger partial charge is 0.355 e. The first kappa shape index (κ1) is 22.6. The molecule has 0 saturated carbocycles. The van der Waals surface area contributed by atoms with Crippen molar-refractivity contribution in [3.8, 4) is 0 Å². The highest BCUT2D eigenvalue weighted by atomic mass is 35.5. The van der Waals surface area contributed by atoms with E-state index >= 15 is 0 Å². The average molecular weight is 487 g/mol. The number of fused-ring (bicyclic) bond motifs is 1. The Morgan fingerprint density at radius 1 is 1.16 bits per heavy atom. The number of amides is 1. The van der Waals surface area contributed by atoms with Crippen LogP contribution in [-0.2, 0) is 17.5 Å². The van der Waals surface area contributed by atoms with Crippen LogP contribution in [0.15, 0.2) is 30.3 Å². The maximum Gasteiger partial charge on any atom is 0.453 e. The number of aromatic nitrogens is 4. The molecule has 0 N–H and O–H groups in total. The number of anilines is 1. The molecule has 2 aromatic heterocycles. The molecule has 7 nitrogen and oxygen atoms in total. The zero-order chi connectivity index (χ0) is 23.0. The van der Waals surface area contributed by atoms with Crippen LogP contribution in [0.1, 0.15) is 24.2 Å². The number of benzene rings is 1. The number of piperidine rings is 1. The molecule has 32 heavy (non-hydrogen) atoms. The highest BCUT2D eigenvalue weighted by Gasteiger charge is 2.38. The first-order valence-corrected chi connectivity index (χ1v) is 10.6. The Kier molecular flexibility index (Phi) is 6.17. The first-order chi connectivity index (χ1) is 15.1. The molecule has 0 bridgehead atoms. The number of carbonyl (C=O) groups is 1. The Morgan fingerprint density at radius 3 is 2.53 bits per heavy atom. The maximum atomic E-state index is 13.1. The van der Waals surface area contributed by atoms with Crippen molar-refractivity contribution in [2.45, 2.75) is 25.6 Å². The minimum Gasteiger partial charge on any atom is -0.355 e. The summed E-state index contributed by atoms with van der Waals surface area (Å²) in [6.45, 7) is 1.35. The second-order valence-electron chi connectivity index (χ2n) is 7.67. The van der Waals surface area contributed by atoms with Crippen molar-refractivity contribution in [1.29, 1.82) is 0 Å². The van der Waals surface area contributed by atoms with E-state index in [9.17, 15) is 18.0 Å². The number of halogens is 5. The minimum atomic E-state index is -4.65. The number of rotatable bonds is 4. The molecule has 0 aliphatic carbocycles. The molecule has 0 atom stereocenters. The highest BCUT2D eigenvalue weighted by molar-refractivity contribution is 6.35. The SMILES string of the molecule is CN(Cc1ccc(Cl)cc1Cl)C(=O)C1CCN(c2ccc3nnc(C(F)(F)F)n3n2)CC1. The van der Waals surface area contributed by atoms with Gasteiger partial charge in [0.05, 0.1) is 0 Å². The quantitative estimate of drug-likeness (QED) is 0.549. The lowest BCUT2D eigenvalue weighted by Crippen LogP contribution is -2.41. The number of carbonyl (C=O) groups excluding carboxylic acids is 1. The summed E-state index contributed by atoms with van der Waals surface area (Å²) in [6.07, 6.45) is -3.53. The van der Waals surface area contributed by atoms with Crippen LogP contribution in [0.5, 0.6) is 0 Å². The van der Waals surface area contributed by atoms with Crippen molar-refractivity contribution < 1.29 is 18.0 Å². The summed E-state index contributed by atoms with van der Waals surface area (Å²) >= 11 is 12.1. The van der Waals surface area contributed by atoms with Crippen molar-refractivity contribution in [2.24, 2.45) is 5.92 Å². The summed E-state index contributed by atoms with van der Waals surface area (Å²) in [4.78, 5) is 16.4. The van der Waals surface area contributed by atoms with Gasteiger partial charge in [-0.1, -0.05) is 29.3 Å². The molecule has 12 heteroatoms. The molecule has 0 radical (unpaired) electrons. The van der Waals surface area contributed by atoms with Gasteiger partial charge in [0, 0.05) is 42.6 Å². The second-order valence-corrected chi connectivity index (χ2v) is 8.52. The molecule has 3 heterocycles. The normalized spacial score (nSPS) is 15.4. The van der Waals surface area contributed by atoms with E-state index in [1.807, 2.05) is 4.90 Å². The van der Waals surface area contributed by atoms with Crippen LogP contribution >= 0.6 is 23.2 Å². The average Bonchev–Trinajstić information content (AvgIpc) is 3.19. The van der Waals surface area contributed by atoms with Gasteiger partial charge < -0.3 is 9.80 Å². The standard InChI is InChI=1S/C20H19Cl2F3N6O/c1-29(11-13-2-3-14(21)10-15(13)22)18(32)12-6-8-30(9-7-12)17-5-4-16-26-27-19(20(23,24)25)31(16)28-17/h2-5,10,12H,6-9,11H2,1H3. The van der Waals surface area contributed by atoms with E-state index in [4.69, 9.17) is 23.2 Å². The first-order valence-electron chi connectivity index (χ1n) is 9.87. The lowest BCUT2D eigenvalue weighted by molar-refractivity contribution is -0.146. The van der Waals surface area contributed by atoms with Crippen LogP contribution in [0, 0.1) is 5.92 Å². The van der Waals surface area contributed by atoms with E-state index in [2.05, 4.69) is 15.3 Å². The molecule has 1 aliphatic heterocycles. The maximum absolute atomic E-state index is 13.1. The van der Waals surface area contributed by atoms with Gasteiger partial charge in [0.2, 0.25) is 5.91 Å². The summed E-state index contributed by atoms with van der Waals surface area (Å²) in [6, 6.07) is 8.22. The van der Waals surface area contributed by atoms with Gasteiger partial charge >= 0.3 is 6.18 Å². The molecular formula is C20H19Cl2F3N6O. The van der Waals surface area contributed by atoms with Gasteiger partial charge in [-0.15, -0.1) is 15.3 Å². The van der Waals surface area contributed by atoms with E-state index in [1.165, 1.54) is 6.07 Å². The summed E-state index contributed by atoms with van der Waals surface area (Å²) < 4.78 is 40.0. The summed E-state index contributed by atoms with van der Waals surface area (Å²) in [5.41, 5.74) is 0.824. The fraction of sp³-hybridized carbons (Fsp3) is 0.400. The van der Waals surface area contributed by atoms with Crippen molar-refractivity contribution in [1.82, 2.24) is 24.7 Å². The number of nitrogens with zero attached hydrogens (tertiary/aromatic N) is 6. The van der Waals surface area contributed by atoms with Crippen molar-refractivity contribution >= 4 is 40.6 Å². The summed E-state index contributed by atoms with van der Waals surface area (Å²) in [5.74, 6) is -0.971. The van der Waals surface area contributed by atoms with Gasteiger partial charge in [0.1, 0.15) is 5.82 Å². The lowest BCUT2D eigenvalue weighted by Gasteiger charge is -2.33. The van der Waals surface area contributed by atoms with Crippen LogP contribution in [0.3, 0.4) is 0 Å². The second kappa shape index (κ2) is 8.74. The molecule has 1 amide bonds. The van der Waals surface area contributed by atoms with E-state index in [1.54, 1.807) is 36.2 Å². The summed E-state index contributed by atoms with van der Waals surface area (Å²) in [7, 11) is 1.72. The van der Waals surface area contributed by atoms with Crippen LogP contribution in [0.25, 0.3) is 5.65 Å².